The Morgan fingerprint density at radius 1 is 1.14 bits per heavy atom. The van der Waals surface area contributed by atoms with Gasteiger partial charge in [0.2, 0.25) is 4.34 Å². The highest BCUT2D eigenvalue weighted by Crippen LogP contribution is 2.39. The van der Waals surface area contributed by atoms with Gasteiger partial charge in [-0.05, 0) is 73.9 Å². The maximum atomic E-state index is 13.6. The van der Waals surface area contributed by atoms with Gasteiger partial charge in [0.05, 0.1) is 5.69 Å². The summed E-state index contributed by atoms with van der Waals surface area (Å²) in [5, 5.41) is 16.1. The molecular weight excluding hydrogens is 508 g/mol. The molecule has 0 spiro atoms. The average Bonchev–Trinajstić information content (AvgIpc) is 3.48. The molecule has 4 rings (SSSR count). The zero-order valence-electron chi connectivity index (χ0n) is 19.9. The standard InChI is InChI=1S/C23H25ClN6O3S2/c1-13(2)30(35(31,32)23-25-16(5)12-34-23)20-9-15(4)19(24)10-21(20)33-11-18-7-6-17(8-14(18)3)22-26-28-29-27-22/h6-10,12-13H,11H2,1-5H3,(H,26,27,28,29). The minimum absolute atomic E-state index is 0.0376. The fraction of sp³-hybridized carbons (Fsp3) is 0.304. The molecular formula is C23H25ClN6O3S2. The van der Waals surface area contributed by atoms with E-state index in [4.69, 9.17) is 16.3 Å². The van der Waals surface area contributed by atoms with Gasteiger partial charge in [-0.3, -0.25) is 4.31 Å². The van der Waals surface area contributed by atoms with E-state index in [-0.39, 0.29) is 17.0 Å². The van der Waals surface area contributed by atoms with Crippen molar-refractivity contribution in [2.45, 2.75) is 51.6 Å². The van der Waals surface area contributed by atoms with Crippen LogP contribution in [0.25, 0.3) is 11.4 Å². The van der Waals surface area contributed by atoms with E-state index in [1.165, 1.54) is 4.31 Å². The van der Waals surface area contributed by atoms with Crippen LogP contribution >= 0.6 is 22.9 Å². The van der Waals surface area contributed by atoms with Crippen LogP contribution in [-0.4, -0.2) is 40.1 Å². The number of tetrazole rings is 1. The van der Waals surface area contributed by atoms with E-state index >= 15 is 0 Å². The van der Waals surface area contributed by atoms with Gasteiger partial charge in [-0.15, -0.1) is 16.4 Å². The van der Waals surface area contributed by atoms with Gasteiger partial charge >= 0.3 is 0 Å². The monoisotopic (exact) mass is 532 g/mol. The molecule has 0 aliphatic rings. The zero-order chi connectivity index (χ0) is 25.3. The smallest absolute Gasteiger partial charge is 0.292 e. The fourth-order valence-corrected chi connectivity index (χ4v) is 6.53. The van der Waals surface area contributed by atoms with E-state index in [0.717, 1.165) is 33.6 Å². The molecule has 1 N–H and O–H groups in total. The number of aromatic amines is 1. The van der Waals surface area contributed by atoms with Crippen molar-refractivity contribution >= 4 is 38.6 Å². The molecule has 0 bridgehead atoms. The van der Waals surface area contributed by atoms with Gasteiger partial charge < -0.3 is 4.74 Å². The number of thiazole rings is 1. The normalized spacial score (nSPS) is 11.7. The molecule has 12 heteroatoms. The number of rotatable bonds is 8. The summed E-state index contributed by atoms with van der Waals surface area (Å²) in [6.07, 6.45) is 0. The number of hydrogen-bond donors (Lipinski definition) is 1. The Morgan fingerprint density at radius 3 is 2.51 bits per heavy atom. The minimum Gasteiger partial charge on any atom is -0.487 e. The Balaban J connectivity index is 1.69. The van der Waals surface area contributed by atoms with E-state index in [1.807, 2.05) is 45.9 Å². The number of nitrogens with zero attached hydrogens (tertiary/aromatic N) is 5. The summed E-state index contributed by atoms with van der Waals surface area (Å²) in [5.41, 5.74) is 4.57. The van der Waals surface area contributed by atoms with Crippen LogP contribution in [0.5, 0.6) is 5.75 Å². The predicted octanol–water partition coefficient (Wildman–Crippen LogP) is 5.08. The first-order chi connectivity index (χ1) is 16.6. The summed E-state index contributed by atoms with van der Waals surface area (Å²) in [6, 6.07) is 8.80. The summed E-state index contributed by atoms with van der Waals surface area (Å²) < 4.78 is 34.7. The maximum absolute atomic E-state index is 13.6. The van der Waals surface area contributed by atoms with E-state index in [2.05, 4.69) is 25.6 Å². The van der Waals surface area contributed by atoms with Crippen LogP contribution in [-0.2, 0) is 16.6 Å². The van der Waals surface area contributed by atoms with Crippen molar-refractivity contribution in [2.24, 2.45) is 0 Å². The third kappa shape index (κ3) is 5.16. The summed E-state index contributed by atoms with van der Waals surface area (Å²) in [4.78, 5) is 4.22. The number of hydrogen-bond acceptors (Lipinski definition) is 8. The number of ether oxygens (including phenoxy) is 1. The van der Waals surface area contributed by atoms with E-state index in [0.29, 0.717) is 28.0 Å². The lowest BCUT2D eigenvalue weighted by molar-refractivity contribution is 0.306. The first kappa shape index (κ1) is 25.1. The predicted molar refractivity (Wildman–Crippen MR) is 137 cm³/mol. The highest BCUT2D eigenvalue weighted by atomic mass is 35.5. The van der Waals surface area contributed by atoms with E-state index < -0.39 is 10.0 Å². The highest BCUT2D eigenvalue weighted by molar-refractivity contribution is 7.94. The van der Waals surface area contributed by atoms with Gasteiger partial charge in [0.1, 0.15) is 12.4 Å². The van der Waals surface area contributed by atoms with E-state index in [1.54, 1.807) is 24.4 Å². The van der Waals surface area contributed by atoms with Crippen LogP contribution < -0.4 is 9.04 Å². The lowest BCUT2D eigenvalue weighted by atomic mass is 10.1. The van der Waals surface area contributed by atoms with Crippen LogP contribution in [0.1, 0.15) is 36.2 Å². The second-order valence-corrected chi connectivity index (χ2v) is 11.7. The Bertz CT molecular complexity index is 1450. The average molecular weight is 533 g/mol. The van der Waals surface area contributed by atoms with Gasteiger partial charge in [-0.25, -0.2) is 10.1 Å². The van der Waals surface area contributed by atoms with Crippen LogP contribution in [0.15, 0.2) is 40.1 Å². The largest absolute Gasteiger partial charge is 0.487 e. The molecule has 0 amide bonds. The molecule has 0 aliphatic carbocycles. The third-order valence-corrected chi connectivity index (χ3v) is 9.12. The minimum atomic E-state index is -3.91. The van der Waals surface area contributed by atoms with Crippen molar-refractivity contribution in [1.82, 2.24) is 25.6 Å². The number of benzene rings is 2. The molecule has 0 aliphatic heterocycles. The molecule has 2 aromatic carbocycles. The van der Waals surface area contributed by atoms with Gasteiger partial charge in [0, 0.05) is 33.8 Å². The summed E-state index contributed by atoms with van der Waals surface area (Å²) in [5.74, 6) is 0.942. The molecule has 0 saturated carbocycles. The van der Waals surface area contributed by atoms with Crippen molar-refractivity contribution in [1.29, 1.82) is 0 Å². The van der Waals surface area contributed by atoms with E-state index in [9.17, 15) is 8.42 Å². The number of anilines is 1. The fourth-order valence-electron chi connectivity index (χ4n) is 3.60. The van der Waals surface area contributed by atoms with Crippen molar-refractivity contribution in [3.63, 3.8) is 0 Å². The second kappa shape index (κ2) is 9.92. The quantitative estimate of drug-likeness (QED) is 0.336. The number of aryl methyl sites for hydroxylation is 3. The molecule has 35 heavy (non-hydrogen) atoms. The summed E-state index contributed by atoms with van der Waals surface area (Å²) in [6.45, 7) is 9.40. The van der Waals surface area contributed by atoms with Gasteiger partial charge in [0.15, 0.2) is 5.82 Å². The maximum Gasteiger partial charge on any atom is 0.292 e. The van der Waals surface area contributed by atoms with Crippen LogP contribution in [0.4, 0.5) is 5.69 Å². The molecule has 2 heterocycles. The number of aromatic nitrogens is 5. The van der Waals surface area contributed by atoms with Gasteiger partial charge in [0.25, 0.3) is 10.0 Å². The molecule has 184 valence electrons. The molecule has 2 aromatic heterocycles. The topological polar surface area (TPSA) is 114 Å². The summed E-state index contributed by atoms with van der Waals surface area (Å²) in [7, 11) is -3.91. The molecule has 0 saturated heterocycles. The first-order valence-electron chi connectivity index (χ1n) is 10.8. The van der Waals surface area contributed by atoms with Crippen molar-refractivity contribution in [2.75, 3.05) is 4.31 Å². The Morgan fingerprint density at radius 2 is 1.91 bits per heavy atom. The number of nitrogens with one attached hydrogen (secondary N) is 1. The molecule has 0 fully saturated rings. The van der Waals surface area contributed by atoms with Gasteiger partial charge in [-0.1, -0.05) is 23.7 Å². The number of sulfonamides is 1. The molecule has 0 atom stereocenters. The Labute approximate surface area is 213 Å². The van der Waals surface area contributed by atoms with Crippen LogP contribution in [0.3, 0.4) is 0 Å². The SMILES string of the molecule is Cc1csc(S(=O)(=O)N(c2cc(C)c(Cl)cc2OCc2ccc(-c3nnn[nH]3)cc2C)C(C)C)n1. The molecule has 9 nitrogen and oxygen atoms in total. The lowest BCUT2D eigenvalue weighted by Crippen LogP contribution is -2.37. The molecule has 0 unspecified atom stereocenters. The van der Waals surface area contributed by atoms with Crippen molar-refractivity contribution in [3.8, 4) is 17.1 Å². The highest BCUT2D eigenvalue weighted by Gasteiger charge is 2.32. The molecule has 4 aromatic rings. The first-order valence-corrected chi connectivity index (χ1v) is 13.5. The van der Waals surface area contributed by atoms with Crippen LogP contribution in [0, 0.1) is 20.8 Å². The van der Waals surface area contributed by atoms with Crippen molar-refractivity contribution < 1.29 is 13.2 Å². The van der Waals surface area contributed by atoms with Crippen LogP contribution in [0.2, 0.25) is 5.02 Å². The van der Waals surface area contributed by atoms with Crippen molar-refractivity contribution in [3.05, 3.63) is 63.1 Å². The molecule has 0 radical (unpaired) electrons. The number of halogens is 1. The number of H-pyrrole nitrogens is 1. The van der Waals surface area contributed by atoms with Gasteiger partial charge in [-0.2, -0.15) is 8.42 Å². The Hall–Kier alpha value is -3.02. The zero-order valence-corrected chi connectivity index (χ0v) is 22.3. The lowest BCUT2D eigenvalue weighted by Gasteiger charge is -2.29. The third-order valence-electron chi connectivity index (χ3n) is 5.37. The second-order valence-electron chi connectivity index (χ2n) is 8.40. The Kier molecular flexibility index (Phi) is 7.11. The summed E-state index contributed by atoms with van der Waals surface area (Å²) >= 11 is 7.51.